The molecule has 1 amide bonds. The van der Waals surface area contributed by atoms with E-state index in [9.17, 15) is 4.79 Å². The van der Waals surface area contributed by atoms with Crippen LogP contribution in [-0.2, 0) is 4.74 Å². The number of carbonyl (C=O) groups excluding carboxylic acids is 1. The molecule has 0 aliphatic carbocycles. The number of carbonyl (C=O) groups is 1. The van der Waals surface area contributed by atoms with Gasteiger partial charge < -0.3 is 15.4 Å². The van der Waals surface area contributed by atoms with Crippen LogP contribution in [0.2, 0.25) is 0 Å². The third-order valence-electron chi connectivity index (χ3n) is 2.67. The number of nitrogens with two attached hydrogens (primary N) is 1. The fourth-order valence-corrected chi connectivity index (χ4v) is 1.75. The minimum Gasteiger partial charge on any atom is -0.444 e. The molecular formula is C13H20N4O2. The van der Waals surface area contributed by atoms with Crippen molar-refractivity contribution in [3.05, 3.63) is 11.3 Å². The van der Waals surface area contributed by atoms with E-state index in [-0.39, 0.29) is 17.7 Å². The molecule has 1 saturated heterocycles. The first-order chi connectivity index (χ1) is 8.78. The molecule has 104 valence electrons. The van der Waals surface area contributed by atoms with Crippen molar-refractivity contribution in [3.63, 3.8) is 0 Å². The van der Waals surface area contributed by atoms with Crippen molar-refractivity contribution < 1.29 is 9.53 Å². The van der Waals surface area contributed by atoms with E-state index in [0.29, 0.717) is 18.7 Å². The number of allylic oxidation sites excluding steroid dienone is 1. The first kappa shape index (κ1) is 15.0. The number of likely N-dealkylation sites (tertiary alicyclic amines) is 1. The van der Waals surface area contributed by atoms with Crippen molar-refractivity contribution in [1.29, 1.82) is 5.26 Å². The molecule has 0 unspecified atom stereocenters. The summed E-state index contributed by atoms with van der Waals surface area (Å²) in [6.45, 7) is 6.47. The van der Waals surface area contributed by atoms with Gasteiger partial charge in [0, 0.05) is 37.8 Å². The van der Waals surface area contributed by atoms with E-state index in [0.717, 1.165) is 0 Å². The fraction of sp³-hybridized carbons (Fsp3) is 0.615. The minimum absolute atomic E-state index is 0.0517. The van der Waals surface area contributed by atoms with Crippen LogP contribution >= 0.6 is 0 Å². The Kier molecular flexibility index (Phi) is 4.54. The van der Waals surface area contributed by atoms with Crippen molar-refractivity contribution >= 4 is 12.3 Å². The number of ether oxygens (including phenoxy) is 1. The Morgan fingerprint density at radius 3 is 2.53 bits per heavy atom. The van der Waals surface area contributed by atoms with E-state index in [1.54, 1.807) is 18.2 Å². The van der Waals surface area contributed by atoms with Crippen molar-refractivity contribution in [1.82, 2.24) is 4.90 Å². The summed E-state index contributed by atoms with van der Waals surface area (Å²) >= 11 is 0. The van der Waals surface area contributed by atoms with Gasteiger partial charge in [0.15, 0.2) is 0 Å². The molecule has 0 aromatic rings. The molecule has 1 aliphatic heterocycles. The number of nitrogens with zero attached hydrogens (tertiary/aromatic N) is 3. The topological polar surface area (TPSA) is 91.7 Å². The predicted molar refractivity (Wildman–Crippen MR) is 72.5 cm³/mol. The lowest BCUT2D eigenvalue weighted by molar-refractivity contribution is 0.00425. The molecule has 1 aliphatic rings. The van der Waals surface area contributed by atoms with Gasteiger partial charge in [-0.05, 0) is 20.8 Å². The highest BCUT2D eigenvalue weighted by atomic mass is 16.6. The van der Waals surface area contributed by atoms with Gasteiger partial charge in [0.1, 0.15) is 17.4 Å². The predicted octanol–water partition coefficient (Wildman–Crippen LogP) is 1.29. The van der Waals surface area contributed by atoms with E-state index in [2.05, 4.69) is 4.99 Å². The summed E-state index contributed by atoms with van der Waals surface area (Å²) < 4.78 is 5.26. The molecule has 1 heterocycles. The van der Waals surface area contributed by atoms with Crippen LogP contribution in [0.25, 0.3) is 0 Å². The first-order valence-corrected chi connectivity index (χ1v) is 6.08. The smallest absolute Gasteiger partial charge is 0.410 e. The van der Waals surface area contributed by atoms with E-state index in [1.165, 1.54) is 0 Å². The zero-order valence-electron chi connectivity index (χ0n) is 11.8. The maximum absolute atomic E-state index is 11.8. The highest BCUT2D eigenvalue weighted by Gasteiger charge is 2.36. The molecule has 6 heteroatoms. The fourth-order valence-electron chi connectivity index (χ4n) is 1.75. The van der Waals surface area contributed by atoms with Crippen molar-refractivity contribution in [2.24, 2.45) is 16.6 Å². The zero-order chi connectivity index (χ0) is 14.6. The van der Waals surface area contributed by atoms with Crippen LogP contribution in [0.3, 0.4) is 0 Å². The van der Waals surface area contributed by atoms with Gasteiger partial charge in [-0.25, -0.2) is 4.79 Å². The van der Waals surface area contributed by atoms with E-state index in [1.807, 2.05) is 26.8 Å². The molecule has 0 aromatic carbocycles. The molecule has 2 N–H and O–H groups in total. The molecule has 19 heavy (non-hydrogen) atoms. The standard InChI is InChI=1S/C13H20N4O2/c1-13(2,3)19-12(18)17-7-9(8-17)10(6-16-4)11(15)5-14/h6,9H,7-8,15H2,1-4H3/b11-10+,16-6?. The average Bonchev–Trinajstić information content (AvgIpc) is 2.22. The highest BCUT2D eigenvalue weighted by Crippen LogP contribution is 2.25. The number of hydrogen-bond donors (Lipinski definition) is 1. The number of rotatable bonds is 2. The Balaban J connectivity index is 2.63. The van der Waals surface area contributed by atoms with Gasteiger partial charge in [0.2, 0.25) is 0 Å². The van der Waals surface area contributed by atoms with E-state index in [4.69, 9.17) is 15.7 Å². The van der Waals surface area contributed by atoms with E-state index >= 15 is 0 Å². The second-order valence-electron chi connectivity index (χ2n) is 5.45. The minimum atomic E-state index is -0.503. The van der Waals surface area contributed by atoms with Crippen LogP contribution in [0.5, 0.6) is 0 Å². The van der Waals surface area contributed by atoms with Crippen LogP contribution < -0.4 is 5.73 Å². The Labute approximate surface area is 113 Å². The SMILES string of the molecule is CN=C/C(=C(\N)C#N)C1CN(C(=O)OC(C)(C)C)C1. The van der Waals surface area contributed by atoms with Crippen LogP contribution in [0.4, 0.5) is 4.79 Å². The lowest BCUT2D eigenvalue weighted by Gasteiger charge is -2.40. The third-order valence-corrected chi connectivity index (χ3v) is 2.67. The number of hydrogen-bond acceptors (Lipinski definition) is 5. The van der Waals surface area contributed by atoms with Gasteiger partial charge >= 0.3 is 6.09 Å². The lowest BCUT2D eigenvalue weighted by atomic mass is 9.91. The van der Waals surface area contributed by atoms with Gasteiger partial charge in [-0.15, -0.1) is 0 Å². The number of nitriles is 1. The summed E-state index contributed by atoms with van der Waals surface area (Å²) in [5.74, 6) is 0.0517. The van der Waals surface area contributed by atoms with Crippen LogP contribution in [0, 0.1) is 17.2 Å². The summed E-state index contributed by atoms with van der Waals surface area (Å²) in [7, 11) is 1.62. The van der Waals surface area contributed by atoms with Crippen molar-refractivity contribution in [2.75, 3.05) is 20.1 Å². The van der Waals surface area contributed by atoms with Gasteiger partial charge in [0.05, 0.1) is 0 Å². The second-order valence-corrected chi connectivity index (χ2v) is 5.45. The summed E-state index contributed by atoms with van der Waals surface area (Å²) in [5, 5.41) is 8.83. The van der Waals surface area contributed by atoms with Crippen LogP contribution in [-0.4, -0.2) is 42.9 Å². The summed E-state index contributed by atoms with van der Waals surface area (Å²) in [6, 6.07) is 1.91. The Hall–Kier alpha value is -2.03. The van der Waals surface area contributed by atoms with Crippen molar-refractivity contribution in [2.45, 2.75) is 26.4 Å². The van der Waals surface area contributed by atoms with Gasteiger partial charge in [-0.2, -0.15) is 5.26 Å². The number of amides is 1. The molecule has 6 nitrogen and oxygen atoms in total. The maximum atomic E-state index is 11.8. The van der Waals surface area contributed by atoms with Crippen molar-refractivity contribution in [3.8, 4) is 6.07 Å². The summed E-state index contributed by atoms with van der Waals surface area (Å²) in [4.78, 5) is 17.2. The molecule has 0 aromatic heterocycles. The highest BCUT2D eigenvalue weighted by molar-refractivity contribution is 5.82. The molecule has 0 saturated carbocycles. The quantitative estimate of drug-likeness (QED) is 0.601. The van der Waals surface area contributed by atoms with E-state index < -0.39 is 5.60 Å². The Morgan fingerprint density at radius 1 is 1.53 bits per heavy atom. The maximum Gasteiger partial charge on any atom is 0.410 e. The molecule has 1 fully saturated rings. The second kappa shape index (κ2) is 5.74. The Morgan fingerprint density at radius 2 is 2.11 bits per heavy atom. The first-order valence-electron chi connectivity index (χ1n) is 6.08. The Bertz CT molecular complexity index is 448. The van der Waals surface area contributed by atoms with Gasteiger partial charge in [-0.1, -0.05) is 0 Å². The van der Waals surface area contributed by atoms with Crippen LogP contribution in [0.1, 0.15) is 20.8 Å². The molecule has 1 rings (SSSR count). The number of aliphatic imine (C=N–C) groups is 1. The molecular weight excluding hydrogens is 244 g/mol. The molecule has 0 spiro atoms. The molecule has 0 bridgehead atoms. The zero-order valence-corrected chi connectivity index (χ0v) is 11.8. The summed E-state index contributed by atoms with van der Waals surface area (Å²) in [6.07, 6.45) is 1.24. The van der Waals surface area contributed by atoms with Gasteiger partial charge in [0.25, 0.3) is 0 Å². The largest absolute Gasteiger partial charge is 0.444 e. The van der Waals surface area contributed by atoms with Gasteiger partial charge in [-0.3, -0.25) is 4.99 Å². The van der Waals surface area contributed by atoms with Crippen LogP contribution in [0.15, 0.2) is 16.3 Å². The average molecular weight is 264 g/mol. The molecule has 0 atom stereocenters. The summed E-state index contributed by atoms with van der Waals surface area (Å²) in [5.41, 5.74) is 5.96. The monoisotopic (exact) mass is 264 g/mol. The molecule has 0 radical (unpaired) electrons. The third kappa shape index (κ3) is 3.98. The normalized spacial score (nSPS) is 17.7. The lowest BCUT2D eigenvalue weighted by Crippen LogP contribution is -2.52.